The zero-order valence-corrected chi connectivity index (χ0v) is 14.2. The summed E-state index contributed by atoms with van der Waals surface area (Å²) >= 11 is 1.70. The van der Waals surface area contributed by atoms with E-state index in [9.17, 15) is 4.79 Å². The number of nitrogens with zero attached hydrogens (tertiary/aromatic N) is 1. The molecular formula is C16H26N2O2S. The molecule has 2 unspecified atom stereocenters. The maximum absolute atomic E-state index is 12.4. The van der Waals surface area contributed by atoms with Crippen LogP contribution in [0.2, 0.25) is 0 Å². The monoisotopic (exact) mass is 310 g/mol. The Morgan fingerprint density at radius 2 is 2.33 bits per heavy atom. The third kappa shape index (κ3) is 4.80. The van der Waals surface area contributed by atoms with Gasteiger partial charge >= 0.3 is 0 Å². The summed E-state index contributed by atoms with van der Waals surface area (Å²) in [6, 6.07) is 4.19. The van der Waals surface area contributed by atoms with Gasteiger partial charge in [-0.15, -0.1) is 11.3 Å². The molecule has 1 aromatic rings. The SMILES string of the molecule is CC1CN(CC(=O)NC(c2cccs2)C(C)(C)C)CCO1. The summed E-state index contributed by atoms with van der Waals surface area (Å²) in [6.07, 6.45) is 0.210. The Hall–Kier alpha value is -0.910. The number of nitrogens with one attached hydrogen (secondary N) is 1. The van der Waals surface area contributed by atoms with Gasteiger partial charge in [-0.25, -0.2) is 0 Å². The van der Waals surface area contributed by atoms with Gasteiger partial charge in [-0.05, 0) is 23.8 Å². The summed E-state index contributed by atoms with van der Waals surface area (Å²) in [5.41, 5.74) is -0.00118. The average molecular weight is 310 g/mol. The van der Waals surface area contributed by atoms with Crippen LogP contribution >= 0.6 is 11.3 Å². The summed E-state index contributed by atoms with van der Waals surface area (Å²) in [6.45, 7) is 11.3. The molecule has 1 aliphatic heterocycles. The summed E-state index contributed by atoms with van der Waals surface area (Å²) in [4.78, 5) is 15.8. The molecule has 1 amide bonds. The molecule has 118 valence electrons. The van der Waals surface area contributed by atoms with Crippen molar-refractivity contribution in [2.75, 3.05) is 26.2 Å². The number of thiophene rings is 1. The topological polar surface area (TPSA) is 41.6 Å². The van der Waals surface area contributed by atoms with Crippen molar-refractivity contribution in [3.05, 3.63) is 22.4 Å². The van der Waals surface area contributed by atoms with Crippen molar-refractivity contribution in [1.82, 2.24) is 10.2 Å². The van der Waals surface area contributed by atoms with Gasteiger partial charge in [-0.3, -0.25) is 9.69 Å². The minimum absolute atomic E-state index is 0.00118. The molecule has 4 nitrogen and oxygen atoms in total. The van der Waals surface area contributed by atoms with E-state index < -0.39 is 0 Å². The number of ether oxygens (including phenoxy) is 1. The molecule has 2 rings (SSSR count). The van der Waals surface area contributed by atoms with Crippen molar-refractivity contribution < 1.29 is 9.53 Å². The van der Waals surface area contributed by atoms with Crippen LogP contribution in [-0.4, -0.2) is 43.2 Å². The van der Waals surface area contributed by atoms with Crippen molar-refractivity contribution in [3.63, 3.8) is 0 Å². The lowest BCUT2D eigenvalue weighted by Gasteiger charge is -2.33. The van der Waals surface area contributed by atoms with E-state index in [1.165, 1.54) is 4.88 Å². The normalized spacial score (nSPS) is 22.0. The molecule has 1 aromatic heterocycles. The number of carbonyl (C=O) groups is 1. The van der Waals surface area contributed by atoms with Crippen LogP contribution in [0.1, 0.15) is 38.6 Å². The fraction of sp³-hybridized carbons (Fsp3) is 0.688. The first kappa shape index (κ1) is 16.5. The second-order valence-corrected chi connectivity index (χ2v) is 7.78. The van der Waals surface area contributed by atoms with Gasteiger partial charge in [0.15, 0.2) is 0 Å². The van der Waals surface area contributed by atoms with E-state index in [0.717, 1.165) is 13.1 Å². The Balaban J connectivity index is 1.95. The number of hydrogen-bond donors (Lipinski definition) is 1. The van der Waals surface area contributed by atoms with E-state index in [-0.39, 0.29) is 23.5 Å². The second-order valence-electron chi connectivity index (χ2n) is 6.80. The Bertz CT molecular complexity index is 453. The lowest BCUT2D eigenvalue weighted by molar-refractivity contribution is -0.125. The Labute approximate surface area is 131 Å². The minimum Gasteiger partial charge on any atom is -0.376 e. The molecular weight excluding hydrogens is 284 g/mol. The Kier molecular flexibility index (Phi) is 5.41. The second kappa shape index (κ2) is 6.90. The van der Waals surface area contributed by atoms with Crippen LogP contribution in [0.25, 0.3) is 0 Å². The van der Waals surface area contributed by atoms with Crippen molar-refractivity contribution in [1.29, 1.82) is 0 Å². The van der Waals surface area contributed by atoms with Gasteiger partial charge in [0.1, 0.15) is 0 Å². The lowest BCUT2D eigenvalue weighted by atomic mass is 9.85. The quantitative estimate of drug-likeness (QED) is 0.929. The number of carbonyl (C=O) groups excluding carboxylic acids is 1. The highest BCUT2D eigenvalue weighted by Crippen LogP contribution is 2.35. The van der Waals surface area contributed by atoms with Crippen LogP contribution in [0.3, 0.4) is 0 Å². The maximum atomic E-state index is 12.4. The highest BCUT2D eigenvalue weighted by Gasteiger charge is 2.29. The van der Waals surface area contributed by atoms with Crippen LogP contribution < -0.4 is 5.32 Å². The molecule has 2 atom stereocenters. The van der Waals surface area contributed by atoms with Crippen LogP contribution in [0.5, 0.6) is 0 Å². The van der Waals surface area contributed by atoms with Crippen molar-refractivity contribution in [2.24, 2.45) is 5.41 Å². The molecule has 2 heterocycles. The van der Waals surface area contributed by atoms with E-state index in [2.05, 4.69) is 42.4 Å². The largest absolute Gasteiger partial charge is 0.376 e. The highest BCUT2D eigenvalue weighted by atomic mass is 32.1. The van der Waals surface area contributed by atoms with Crippen molar-refractivity contribution in [3.8, 4) is 0 Å². The molecule has 0 aliphatic carbocycles. The number of rotatable bonds is 4. The summed E-state index contributed by atoms with van der Waals surface area (Å²) in [5, 5.41) is 5.27. The minimum atomic E-state index is -0.00118. The van der Waals surface area contributed by atoms with Crippen molar-refractivity contribution in [2.45, 2.75) is 39.8 Å². The molecule has 1 aliphatic rings. The molecule has 0 radical (unpaired) electrons. The standard InChI is InChI=1S/C16H26N2O2S/c1-12-10-18(7-8-20-12)11-14(19)17-15(16(2,3)4)13-6-5-9-21-13/h5-6,9,12,15H,7-8,10-11H2,1-4H3,(H,17,19). The van der Waals surface area contributed by atoms with E-state index >= 15 is 0 Å². The third-order valence-electron chi connectivity index (χ3n) is 3.69. The first-order chi connectivity index (χ1) is 9.86. The molecule has 0 bridgehead atoms. The number of amides is 1. The molecule has 5 heteroatoms. The summed E-state index contributed by atoms with van der Waals surface area (Å²) in [7, 11) is 0. The van der Waals surface area contributed by atoms with Crippen molar-refractivity contribution >= 4 is 17.2 Å². The van der Waals surface area contributed by atoms with Gasteiger partial charge in [0.05, 0.1) is 25.3 Å². The predicted molar refractivity (Wildman–Crippen MR) is 86.5 cm³/mol. The van der Waals surface area contributed by atoms with Gasteiger partial charge in [-0.2, -0.15) is 0 Å². The zero-order chi connectivity index (χ0) is 15.5. The predicted octanol–water partition coefficient (Wildman–Crippen LogP) is 2.67. The van der Waals surface area contributed by atoms with Gasteiger partial charge in [0.2, 0.25) is 5.91 Å². The summed E-state index contributed by atoms with van der Waals surface area (Å²) < 4.78 is 5.51. The van der Waals surface area contributed by atoms with Crippen LogP contribution in [-0.2, 0) is 9.53 Å². The van der Waals surface area contributed by atoms with Crippen LogP contribution in [0, 0.1) is 5.41 Å². The number of morpholine rings is 1. The molecule has 21 heavy (non-hydrogen) atoms. The Morgan fingerprint density at radius 3 is 2.90 bits per heavy atom. The fourth-order valence-corrected chi connectivity index (χ4v) is 3.63. The molecule has 0 aromatic carbocycles. The van der Waals surface area contributed by atoms with Gasteiger partial charge in [0.25, 0.3) is 0 Å². The molecule has 1 fully saturated rings. The van der Waals surface area contributed by atoms with E-state index in [4.69, 9.17) is 4.74 Å². The lowest BCUT2D eigenvalue weighted by Crippen LogP contribution is -2.47. The summed E-state index contributed by atoms with van der Waals surface area (Å²) in [5.74, 6) is 0.0948. The molecule has 1 saturated heterocycles. The van der Waals surface area contributed by atoms with Gasteiger partial charge < -0.3 is 10.1 Å². The first-order valence-corrected chi connectivity index (χ1v) is 8.41. The van der Waals surface area contributed by atoms with E-state index in [1.807, 2.05) is 13.0 Å². The smallest absolute Gasteiger partial charge is 0.234 e. The van der Waals surface area contributed by atoms with Gasteiger partial charge in [0, 0.05) is 18.0 Å². The van der Waals surface area contributed by atoms with E-state index in [0.29, 0.717) is 13.2 Å². The molecule has 0 saturated carbocycles. The fourth-order valence-electron chi connectivity index (χ4n) is 2.61. The average Bonchev–Trinajstić information content (AvgIpc) is 2.88. The van der Waals surface area contributed by atoms with Crippen LogP contribution in [0.4, 0.5) is 0 Å². The third-order valence-corrected chi connectivity index (χ3v) is 4.63. The number of hydrogen-bond acceptors (Lipinski definition) is 4. The molecule has 1 N–H and O–H groups in total. The molecule has 0 spiro atoms. The highest BCUT2D eigenvalue weighted by molar-refractivity contribution is 7.10. The van der Waals surface area contributed by atoms with E-state index in [1.54, 1.807) is 11.3 Å². The van der Waals surface area contributed by atoms with Crippen LogP contribution in [0.15, 0.2) is 17.5 Å². The maximum Gasteiger partial charge on any atom is 0.234 e. The van der Waals surface area contributed by atoms with Gasteiger partial charge in [-0.1, -0.05) is 26.8 Å². The zero-order valence-electron chi connectivity index (χ0n) is 13.4. The first-order valence-electron chi connectivity index (χ1n) is 7.53. The Morgan fingerprint density at radius 1 is 1.57 bits per heavy atom.